The Kier molecular flexibility index (Phi) is 6.06. The van der Waals surface area contributed by atoms with Gasteiger partial charge in [0.25, 0.3) is 0 Å². The van der Waals surface area contributed by atoms with Crippen molar-refractivity contribution >= 4 is 46.1 Å². The Morgan fingerprint density at radius 1 is 1.29 bits per heavy atom. The molecule has 1 atom stereocenters. The predicted molar refractivity (Wildman–Crippen MR) is 90.6 cm³/mol. The number of hydrogen-bond donors (Lipinski definition) is 2. The standard InChI is InChI=1S/C15H16Cl2N2OS/c1-10(7-11-5-6-21-9-11)18-8-14(20)19-15-12(16)3-2-4-13(15)17/h2-6,9-10,18H,7-8H2,1H3,(H,19,20). The summed E-state index contributed by atoms with van der Waals surface area (Å²) in [5.74, 6) is -0.165. The van der Waals surface area contributed by atoms with Crippen molar-refractivity contribution in [1.29, 1.82) is 0 Å². The summed E-state index contributed by atoms with van der Waals surface area (Å²) in [7, 11) is 0. The van der Waals surface area contributed by atoms with E-state index in [4.69, 9.17) is 23.2 Å². The van der Waals surface area contributed by atoms with Crippen LogP contribution in [0.4, 0.5) is 5.69 Å². The lowest BCUT2D eigenvalue weighted by atomic mass is 10.1. The van der Waals surface area contributed by atoms with Crippen LogP contribution in [-0.2, 0) is 11.2 Å². The fraction of sp³-hybridized carbons (Fsp3) is 0.267. The van der Waals surface area contributed by atoms with Crippen LogP contribution in [0, 0.1) is 0 Å². The van der Waals surface area contributed by atoms with E-state index in [9.17, 15) is 4.79 Å². The van der Waals surface area contributed by atoms with Gasteiger partial charge >= 0.3 is 0 Å². The van der Waals surface area contributed by atoms with Gasteiger partial charge in [0, 0.05) is 6.04 Å². The maximum atomic E-state index is 11.9. The molecule has 6 heteroatoms. The Balaban J connectivity index is 1.82. The first-order valence-electron chi connectivity index (χ1n) is 6.54. The van der Waals surface area contributed by atoms with Crippen molar-refractivity contribution in [2.75, 3.05) is 11.9 Å². The van der Waals surface area contributed by atoms with Crippen LogP contribution in [0.1, 0.15) is 12.5 Å². The van der Waals surface area contributed by atoms with Gasteiger partial charge in [-0.25, -0.2) is 0 Å². The molecule has 3 nitrogen and oxygen atoms in total. The van der Waals surface area contributed by atoms with Gasteiger partial charge in [0.2, 0.25) is 5.91 Å². The number of carbonyl (C=O) groups excluding carboxylic acids is 1. The third-order valence-electron chi connectivity index (χ3n) is 2.96. The second-order valence-electron chi connectivity index (χ2n) is 4.76. The van der Waals surface area contributed by atoms with Crippen molar-refractivity contribution in [3.63, 3.8) is 0 Å². The predicted octanol–water partition coefficient (Wildman–Crippen LogP) is 4.21. The van der Waals surface area contributed by atoms with Crippen molar-refractivity contribution < 1.29 is 4.79 Å². The highest BCUT2D eigenvalue weighted by atomic mass is 35.5. The van der Waals surface area contributed by atoms with Gasteiger partial charge in [0.1, 0.15) is 0 Å². The molecule has 1 aromatic carbocycles. The monoisotopic (exact) mass is 342 g/mol. The molecule has 1 unspecified atom stereocenters. The highest BCUT2D eigenvalue weighted by Crippen LogP contribution is 2.29. The second kappa shape index (κ2) is 7.80. The van der Waals surface area contributed by atoms with Crippen LogP contribution in [0.25, 0.3) is 0 Å². The molecular formula is C15H16Cl2N2OS. The van der Waals surface area contributed by atoms with Crippen LogP contribution in [0.2, 0.25) is 10.0 Å². The van der Waals surface area contributed by atoms with Gasteiger partial charge in [-0.1, -0.05) is 29.3 Å². The van der Waals surface area contributed by atoms with Crippen molar-refractivity contribution in [2.45, 2.75) is 19.4 Å². The number of benzene rings is 1. The lowest BCUT2D eigenvalue weighted by Crippen LogP contribution is -2.35. The minimum Gasteiger partial charge on any atom is -0.322 e. The highest BCUT2D eigenvalue weighted by Gasteiger charge is 2.11. The van der Waals surface area contributed by atoms with Crippen molar-refractivity contribution in [3.8, 4) is 0 Å². The molecule has 2 aromatic rings. The quantitative estimate of drug-likeness (QED) is 0.825. The molecular weight excluding hydrogens is 327 g/mol. The van der Waals surface area contributed by atoms with Crippen LogP contribution in [0.5, 0.6) is 0 Å². The van der Waals surface area contributed by atoms with Crippen LogP contribution in [-0.4, -0.2) is 18.5 Å². The zero-order valence-electron chi connectivity index (χ0n) is 11.5. The molecule has 0 aliphatic carbocycles. The van der Waals surface area contributed by atoms with Crippen LogP contribution in [0.15, 0.2) is 35.0 Å². The topological polar surface area (TPSA) is 41.1 Å². The fourth-order valence-electron chi connectivity index (χ4n) is 1.90. The summed E-state index contributed by atoms with van der Waals surface area (Å²) in [6, 6.07) is 7.42. The molecule has 112 valence electrons. The van der Waals surface area contributed by atoms with Crippen molar-refractivity contribution in [1.82, 2.24) is 5.32 Å². The van der Waals surface area contributed by atoms with Gasteiger partial charge in [-0.05, 0) is 47.9 Å². The lowest BCUT2D eigenvalue weighted by molar-refractivity contribution is -0.115. The van der Waals surface area contributed by atoms with Crippen molar-refractivity contribution in [2.24, 2.45) is 0 Å². The van der Waals surface area contributed by atoms with E-state index in [1.807, 2.05) is 12.3 Å². The summed E-state index contributed by atoms with van der Waals surface area (Å²) in [4.78, 5) is 11.9. The number of nitrogens with one attached hydrogen (secondary N) is 2. The Labute approximate surface area is 138 Å². The molecule has 0 saturated heterocycles. The smallest absolute Gasteiger partial charge is 0.238 e. The minimum atomic E-state index is -0.165. The molecule has 0 saturated carbocycles. The van der Waals surface area contributed by atoms with E-state index in [2.05, 4.69) is 22.1 Å². The van der Waals surface area contributed by atoms with E-state index >= 15 is 0 Å². The lowest BCUT2D eigenvalue weighted by Gasteiger charge is -2.14. The number of halogens is 2. The number of carbonyl (C=O) groups is 1. The minimum absolute atomic E-state index is 0.165. The molecule has 0 radical (unpaired) electrons. The molecule has 0 bridgehead atoms. The van der Waals surface area contributed by atoms with Gasteiger partial charge in [-0.15, -0.1) is 0 Å². The van der Waals surface area contributed by atoms with Gasteiger partial charge in [0.15, 0.2) is 0 Å². The molecule has 0 fully saturated rings. The first-order chi connectivity index (χ1) is 10.1. The molecule has 1 amide bonds. The maximum Gasteiger partial charge on any atom is 0.238 e. The normalized spacial score (nSPS) is 12.1. The van der Waals surface area contributed by atoms with E-state index in [0.29, 0.717) is 15.7 Å². The first-order valence-corrected chi connectivity index (χ1v) is 8.24. The number of rotatable bonds is 6. The third-order valence-corrected chi connectivity index (χ3v) is 4.32. The molecule has 1 heterocycles. The summed E-state index contributed by atoms with van der Waals surface area (Å²) in [5, 5.41) is 10.9. The fourth-order valence-corrected chi connectivity index (χ4v) is 3.08. The summed E-state index contributed by atoms with van der Waals surface area (Å²) in [6.45, 7) is 2.26. The van der Waals surface area contributed by atoms with Crippen molar-refractivity contribution in [3.05, 3.63) is 50.6 Å². The number of anilines is 1. The summed E-state index contributed by atoms with van der Waals surface area (Å²) < 4.78 is 0. The van der Waals surface area contributed by atoms with E-state index in [0.717, 1.165) is 6.42 Å². The summed E-state index contributed by atoms with van der Waals surface area (Å²) in [5.41, 5.74) is 1.73. The van der Waals surface area contributed by atoms with E-state index < -0.39 is 0 Å². The van der Waals surface area contributed by atoms with Crippen LogP contribution in [0.3, 0.4) is 0 Å². The Morgan fingerprint density at radius 3 is 2.62 bits per heavy atom. The summed E-state index contributed by atoms with van der Waals surface area (Å²) >= 11 is 13.7. The summed E-state index contributed by atoms with van der Waals surface area (Å²) in [6.07, 6.45) is 0.892. The molecule has 2 N–H and O–H groups in total. The Morgan fingerprint density at radius 2 is 2.00 bits per heavy atom. The number of thiophene rings is 1. The van der Waals surface area contributed by atoms with E-state index in [1.165, 1.54) is 5.56 Å². The Hall–Kier alpha value is -1.07. The van der Waals surface area contributed by atoms with Crippen LogP contribution >= 0.6 is 34.5 Å². The molecule has 0 spiro atoms. The number of amides is 1. The zero-order chi connectivity index (χ0) is 15.2. The van der Waals surface area contributed by atoms with E-state index in [-0.39, 0.29) is 18.5 Å². The molecule has 1 aromatic heterocycles. The van der Waals surface area contributed by atoms with Crippen LogP contribution < -0.4 is 10.6 Å². The largest absolute Gasteiger partial charge is 0.322 e. The third kappa shape index (κ3) is 5.00. The Bertz CT molecular complexity index is 581. The molecule has 2 rings (SSSR count). The molecule has 21 heavy (non-hydrogen) atoms. The van der Waals surface area contributed by atoms with Gasteiger partial charge in [0.05, 0.1) is 22.3 Å². The van der Waals surface area contributed by atoms with Gasteiger partial charge in [-0.3, -0.25) is 4.79 Å². The average molecular weight is 343 g/mol. The van der Waals surface area contributed by atoms with Gasteiger partial charge < -0.3 is 10.6 Å². The highest BCUT2D eigenvalue weighted by molar-refractivity contribution is 7.07. The van der Waals surface area contributed by atoms with Gasteiger partial charge in [-0.2, -0.15) is 11.3 Å². The molecule has 0 aliphatic heterocycles. The number of hydrogen-bond acceptors (Lipinski definition) is 3. The average Bonchev–Trinajstić information content (AvgIpc) is 2.94. The second-order valence-corrected chi connectivity index (χ2v) is 6.36. The number of para-hydroxylation sites is 1. The molecule has 0 aliphatic rings. The maximum absolute atomic E-state index is 11.9. The SMILES string of the molecule is CC(Cc1ccsc1)NCC(=O)Nc1c(Cl)cccc1Cl. The first kappa shape index (κ1) is 16.3. The van der Waals surface area contributed by atoms with E-state index in [1.54, 1.807) is 29.5 Å². The zero-order valence-corrected chi connectivity index (χ0v) is 13.9.